The Morgan fingerprint density at radius 1 is 1.36 bits per heavy atom. The van der Waals surface area contributed by atoms with Gasteiger partial charge in [0.15, 0.2) is 0 Å². The molecule has 0 amide bonds. The van der Waals surface area contributed by atoms with E-state index in [1.165, 1.54) is 0 Å². The van der Waals surface area contributed by atoms with E-state index in [0.717, 1.165) is 12.2 Å². The van der Waals surface area contributed by atoms with E-state index in [1.807, 2.05) is 0 Å². The first-order chi connectivity index (χ1) is 5.24. The van der Waals surface area contributed by atoms with Crippen molar-refractivity contribution in [2.24, 2.45) is 0 Å². The maximum absolute atomic E-state index is 8.35. The summed E-state index contributed by atoms with van der Waals surface area (Å²) in [5.41, 5.74) is 0. The summed E-state index contributed by atoms with van der Waals surface area (Å²) in [5.74, 6) is 0. The molecule has 0 saturated heterocycles. The maximum Gasteiger partial charge on any atom is 0.231 e. The largest absolute Gasteiger partial charge is 0.394 e. The number of rotatable bonds is 2. The van der Waals surface area contributed by atoms with Crippen molar-refractivity contribution < 1.29 is 19.4 Å². The molecular formula is C5H10N2O4. The second-order valence-corrected chi connectivity index (χ2v) is 0.921. The van der Waals surface area contributed by atoms with Gasteiger partial charge < -0.3 is 9.84 Å². The van der Waals surface area contributed by atoms with Gasteiger partial charge in [-0.1, -0.05) is 0 Å². The molecule has 0 unspecified atom stereocenters. The van der Waals surface area contributed by atoms with Crippen LogP contribution >= 0.6 is 0 Å². The van der Waals surface area contributed by atoms with Crippen LogP contribution in [0.15, 0.2) is 0 Å². The van der Waals surface area contributed by atoms with E-state index in [0.29, 0.717) is 6.61 Å². The molecule has 3 N–H and O–H groups in total. The number of aliphatic hydroxyl groups is 1. The predicted molar refractivity (Wildman–Crippen MR) is 35.8 cm³/mol. The molecule has 0 radical (unpaired) electrons. The number of hydrogen-bond acceptors (Lipinski definition) is 6. The lowest BCUT2D eigenvalue weighted by atomic mass is 10.8. The van der Waals surface area contributed by atoms with E-state index < -0.39 is 0 Å². The Labute approximate surface area is 63.8 Å². The van der Waals surface area contributed by atoms with Crippen molar-refractivity contribution in [1.29, 1.82) is 10.8 Å². The summed E-state index contributed by atoms with van der Waals surface area (Å²) in [4.78, 5) is 16.7. The molecule has 0 fully saturated rings. The Morgan fingerprint density at radius 2 is 1.64 bits per heavy atom. The summed E-state index contributed by atoms with van der Waals surface area (Å²) < 4.78 is 4.44. The van der Waals surface area contributed by atoms with Gasteiger partial charge in [0.2, 0.25) is 12.2 Å². The minimum Gasteiger partial charge on any atom is -0.394 e. The Morgan fingerprint density at radius 3 is 1.64 bits per heavy atom. The highest BCUT2D eigenvalue weighted by Gasteiger charge is 1.67. The first kappa shape index (κ1) is 16.3. The molecule has 0 aromatic heterocycles. The molecule has 0 heterocycles. The highest BCUT2D eigenvalue weighted by molar-refractivity contribution is 5.26. The molecule has 0 aliphatic carbocycles. The van der Waals surface area contributed by atoms with Gasteiger partial charge in [-0.25, -0.2) is 20.4 Å². The van der Waals surface area contributed by atoms with Gasteiger partial charge in [-0.3, -0.25) is 0 Å². The van der Waals surface area contributed by atoms with Crippen molar-refractivity contribution in [1.82, 2.24) is 0 Å². The fraction of sp³-hybridized carbons (Fsp3) is 0.600. The zero-order valence-corrected chi connectivity index (χ0v) is 6.09. The molecular weight excluding hydrogens is 152 g/mol. The molecule has 64 valence electrons. The van der Waals surface area contributed by atoms with Crippen LogP contribution in [0.25, 0.3) is 0 Å². The molecule has 11 heavy (non-hydrogen) atoms. The molecule has 0 bridgehead atoms. The number of isocyanates is 2. The van der Waals surface area contributed by atoms with Gasteiger partial charge in [0, 0.05) is 7.11 Å². The summed E-state index contributed by atoms with van der Waals surface area (Å²) in [6.45, 7) is 0.566. The SMILES string of the molecule is COCCO.N=C=O.N=C=O. The molecule has 0 saturated carbocycles. The van der Waals surface area contributed by atoms with Crippen molar-refractivity contribution in [2.75, 3.05) is 20.3 Å². The van der Waals surface area contributed by atoms with Crippen molar-refractivity contribution in [3.63, 3.8) is 0 Å². The van der Waals surface area contributed by atoms with Crippen LogP contribution < -0.4 is 0 Å². The third-order valence-corrected chi connectivity index (χ3v) is 0.295. The summed E-state index contributed by atoms with van der Waals surface area (Å²) in [6, 6.07) is 0. The van der Waals surface area contributed by atoms with Crippen LogP contribution in [-0.2, 0) is 14.3 Å². The Balaban J connectivity index is -0.0000000933. The van der Waals surface area contributed by atoms with Crippen molar-refractivity contribution in [3.8, 4) is 0 Å². The Bertz CT molecular complexity index is 99.7. The van der Waals surface area contributed by atoms with Gasteiger partial charge in [-0.2, -0.15) is 0 Å². The van der Waals surface area contributed by atoms with Crippen LogP contribution in [0.2, 0.25) is 0 Å². The second kappa shape index (κ2) is 37.8. The van der Waals surface area contributed by atoms with Gasteiger partial charge >= 0.3 is 0 Å². The lowest BCUT2D eigenvalue weighted by Crippen LogP contribution is -1.91. The minimum absolute atomic E-state index is 0.122. The van der Waals surface area contributed by atoms with E-state index in [1.54, 1.807) is 7.11 Å². The number of carbonyl (C=O) groups excluding carboxylic acids is 2. The van der Waals surface area contributed by atoms with Gasteiger partial charge in [0.25, 0.3) is 0 Å². The van der Waals surface area contributed by atoms with E-state index in [9.17, 15) is 0 Å². The van der Waals surface area contributed by atoms with Gasteiger partial charge in [0.1, 0.15) is 0 Å². The quantitative estimate of drug-likeness (QED) is 0.372. The monoisotopic (exact) mass is 162 g/mol. The zero-order valence-electron chi connectivity index (χ0n) is 6.09. The standard InChI is InChI=1S/C3H8O2.2CHNO/c1-5-3-2-4;2*2-1-3/h4H,2-3H2,1H3;2*2H. The highest BCUT2D eigenvalue weighted by Crippen LogP contribution is 1.56. The molecule has 0 aromatic rings. The number of aliphatic hydroxyl groups excluding tert-OH is 1. The summed E-state index contributed by atoms with van der Waals surface area (Å²) in [6.07, 6.45) is 1.50. The molecule has 0 aliphatic rings. The van der Waals surface area contributed by atoms with E-state index in [4.69, 9.17) is 25.5 Å². The predicted octanol–water partition coefficient (Wildman–Crippen LogP) is -0.573. The number of nitrogens with one attached hydrogen (secondary N) is 2. The smallest absolute Gasteiger partial charge is 0.231 e. The van der Waals surface area contributed by atoms with Gasteiger partial charge in [-0.05, 0) is 0 Å². The topological polar surface area (TPSA) is 111 Å². The number of methoxy groups -OCH3 is 1. The molecule has 6 heteroatoms. The second-order valence-electron chi connectivity index (χ2n) is 0.921. The van der Waals surface area contributed by atoms with E-state index in [-0.39, 0.29) is 6.61 Å². The fourth-order valence-electron chi connectivity index (χ4n) is 0.0913. The molecule has 0 aliphatic heterocycles. The zero-order chi connectivity index (χ0) is 9.54. The summed E-state index contributed by atoms with van der Waals surface area (Å²) in [7, 11) is 1.55. The van der Waals surface area contributed by atoms with Crippen LogP contribution in [0, 0.1) is 10.8 Å². The van der Waals surface area contributed by atoms with Crippen LogP contribution in [-0.4, -0.2) is 37.6 Å². The first-order valence-corrected chi connectivity index (χ1v) is 2.42. The summed E-state index contributed by atoms with van der Waals surface area (Å²) >= 11 is 0. The molecule has 0 aromatic carbocycles. The minimum atomic E-state index is 0.122. The van der Waals surface area contributed by atoms with Gasteiger partial charge in [-0.15, -0.1) is 0 Å². The lowest BCUT2D eigenvalue weighted by molar-refractivity contribution is 0.135. The van der Waals surface area contributed by atoms with Crippen LogP contribution in [0.1, 0.15) is 0 Å². The average Bonchev–Trinajstić information content (AvgIpc) is 1.92. The maximum atomic E-state index is 8.35. The van der Waals surface area contributed by atoms with Gasteiger partial charge in [0.05, 0.1) is 13.2 Å². The van der Waals surface area contributed by atoms with Crippen molar-refractivity contribution in [3.05, 3.63) is 0 Å². The van der Waals surface area contributed by atoms with Crippen molar-refractivity contribution >= 4 is 12.2 Å². The Kier molecular flexibility index (Phi) is 56.2. The normalized spacial score (nSPS) is 5.27. The van der Waals surface area contributed by atoms with E-state index in [2.05, 4.69) is 4.74 Å². The molecule has 0 rings (SSSR count). The molecule has 0 atom stereocenters. The van der Waals surface area contributed by atoms with Crippen LogP contribution in [0.4, 0.5) is 0 Å². The van der Waals surface area contributed by atoms with E-state index >= 15 is 0 Å². The summed E-state index contributed by atoms with van der Waals surface area (Å²) in [5, 5.41) is 18.7. The average molecular weight is 162 g/mol. The van der Waals surface area contributed by atoms with Crippen LogP contribution in [0.5, 0.6) is 0 Å². The highest BCUT2D eigenvalue weighted by atomic mass is 16.5. The Hall–Kier alpha value is -1.32. The first-order valence-electron chi connectivity index (χ1n) is 2.42. The third kappa shape index (κ3) is 838. The molecule has 6 nitrogen and oxygen atoms in total. The third-order valence-electron chi connectivity index (χ3n) is 0.295. The number of hydrogen-bond donors (Lipinski definition) is 3. The number of ether oxygens (including phenoxy) is 1. The fourth-order valence-corrected chi connectivity index (χ4v) is 0.0913. The lowest BCUT2D eigenvalue weighted by Gasteiger charge is -1.84. The van der Waals surface area contributed by atoms with Crippen LogP contribution in [0.3, 0.4) is 0 Å². The van der Waals surface area contributed by atoms with Crippen molar-refractivity contribution in [2.45, 2.75) is 0 Å². The molecule has 0 spiro atoms.